The second-order valence-corrected chi connectivity index (χ2v) is 4.50. The largest absolute Gasteiger partial charge is 0.381 e. The zero-order chi connectivity index (χ0) is 13.8. The molecule has 3 aromatic rings. The summed E-state index contributed by atoms with van der Waals surface area (Å²) in [5.74, 6) is -0.222. The number of nitrogens with one attached hydrogen (secondary N) is 1. The van der Waals surface area contributed by atoms with Crippen LogP contribution < -0.4 is 5.32 Å². The third-order valence-electron chi connectivity index (χ3n) is 3.08. The van der Waals surface area contributed by atoms with Gasteiger partial charge in [0.1, 0.15) is 5.82 Å². The van der Waals surface area contributed by atoms with Gasteiger partial charge in [-0.1, -0.05) is 12.1 Å². The van der Waals surface area contributed by atoms with E-state index < -0.39 is 0 Å². The highest BCUT2D eigenvalue weighted by Crippen LogP contribution is 2.12. The number of hydrogen-bond donors (Lipinski definition) is 1. The van der Waals surface area contributed by atoms with Crippen LogP contribution in [0.15, 0.2) is 67.3 Å². The van der Waals surface area contributed by atoms with E-state index in [4.69, 9.17) is 0 Å². The van der Waals surface area contributed by atoms with Gasteiger partial charge in [-0.05, 0) is 42.0 Å². The average Bonchev–Trinajstić information content (AvgIpc) is 3.01. The Hall–Kier alpha value is -2.62. The highest BCUT2D eigenvalue weighted by Gasteiger charge is 1.97. The molecule has 0 atom stereocenters. The monoisotopic (exact) mass is 267 g/mol. The summed E-state index contributed by atoms with van der Waals surface area (Å²) in [6.07, 6.45) is 5.43. The lowest BCUT2D eigenvalue weighted by Crippen LogP contribution is -1.99. The van der Waals surface area contributed by atoms with Crippen LogP contribution in [0.5, 0.6) is 0 Å². The predicted octanol–water partition coefficient (Wildman–Crippen LogP) is 3.62. The van der Waals surface area contributed by atoms with Gasteiger partial charge in [-0.3, -0.25) is 0 Å². The summed E-state index contributed by atoms with van der Waals surface area (Å²) < 4.78 is 14.7. The van der Waals surface area contributed by atoms with Crippen LogP contribution >= 0.6 is 0 Å². The molecule has 0 saturated heterocycles. The SMILES string of the molecule is Fc1ccc(NCc2ccc(-n3ccnc3)cc2)cc1. The van der Waals surface area contributed by atoms with Crippen LogP contribution in [0.3, 0.4) is 0 Å². The van der Waals surface area contributed by atoms with E-state index in [-0.39, 0.29) is 5.82 Å². The molecule has 100 valence electrons. The third kappa shape index (κ3) is 2.85. The number of rotatable bonds is 4. The van der Waals surface area contributed by atoms with E-state index in [1.165, 1.54) is 12.1 Å². The number of anilines is 1. The van der Waals surface area contributed by atoms with Crippen LogP contribution in [0.1, 0.15) is 5.56 Å². The van der Waals surface area contributed by atoms with Gasteiger partial charge >= 0.3 is 0 Å². The van der Waals surface area contributed by atoms with Gasteiger partial charge in [-0.15, -0.1) is 0 Å². The van der Waals surface area contributed by atoms with E-state index in [1.54, 1.807) is 24.7 Å². The molecule has 4 heteroatoms. The Kier molecular flexibility index (Phi) is 3.46. The van der Waals surface area contributed by atoms with Crippen molar-refractivity contribution in [1.29, 1.82) is 0 Å². The minimum Gasteiger partial charge on any atom is -0.381 e. The zero-order valence-corrected chi connectivity index (χ0v) is 10.8. The first kappa shape index (κ1) is 12.4. The molecule has 0 saturated carbocycles. The van der Waals surface area contributed by atoms with E-state index in [0.29, 0.717) is 6.54 Å². The van der Waals surface area contributed by atoms with Gasteiger partial charge < -0.3 is 9.88 Å². The Morgan fingerprint density at radius 2 is 1.75 bits per heavy atom. The Labute approximate surface area is 116 Å². The summed E-state index contributed by atoms with van der Waals surface area (Å²) in [6.45, 7) is 0.704. The van der Waals surface area contributed by atoms with E-state index in [9.17, 15) is 4.39 Å². The number of hydrogen-bond acceptors (Lipinski definition) is 2. The van der Waals surface area contributed by atoms with Gasteiger partial charge in [-0.2, -0.15) is 0 Å². The van der Waals surface area contributed by atoms with Gasteiger partial charge in [0.15, 0.2) is 0 Å². The molecule has 3 nitrogen and oxygen atoms in total. The fourth-order valence-electron chi connectivity index (χ4n) is 1.97. The van der Waals surface area contributed by atoms with Gasteiger partial charge in [-0.25, -0.2) is 9.37 Å². The van der Waals surface area contributed by atoms with Gasteiger partial charge in [0, 0.05) is 30.3 Å². The second kappa shape index (κ2) is 5.57. The summed E-state index contributed by atoms with van der Waals surface area (Å²) in [4.78, 5) is 4.02. The van der Waals surface area contributed by atoms with E-state index in [1.807, 2.05) is 22.9 Å². The lowest BCUT2D eigenvalue weighted by molar-refractivity contribution is 0.628. The molecule has 2 aromatic carbocycles. The highest BCUT2D eigenvalue weighted by atomic mass is 19.1. The molecule has 0 aliphatic rings. The Morgan fingerprint density at radius 1 is 1.00 bits per heavy atom. The van der Waals surface area contributed by atoms with E-state index in [0.717, 1.165) is 16.9 Å². The average molecular weight is 267 g/mol. The Bertz CT molecular complexity index is 658. The number of nitrogens with zero attached hydrogens (tertiary/aromatic N) is 2. The molecule has 0 aliphatic carbocycles. The summed E-state index contributed by atoms with van der Waals surface area (Å²) in [7, 11) is 0. The predicted molar refractivity (Wildman–Crippen MR) is 77.3 cm³/mol. The number of benzene rings is 2. The number of imidazole rings is 1. The molecule has 0 bridgehead atoms. The Balaban J connectivity index is 1.65. The molecule has 0 unspecified atom stereocenters. The Morgan fingerprint density at radius 3 is 2.40 bits per heavy atom. The maximum absolute atomic E-state index is 12.8. The lowest BCUT2D eigenvalue weighted by atomic mass is 10.2. The minimum absolute atomic E-state index is 0.222. The van der Waals surface area contributed by atoms with Crippen molar-refractivity contribution in [3.63, 3.8) is 0 Å². The van der Waals surface area contributed by atoms with Crippen LogP contribution in [0.2, 0.25) is 0 Å². The molecule has 0 radical (unpaired) electrons. The van der Waals surface area contributed by atoms with Crippen LogP contribution in [-0.4, -0.2) is 9.55 Å². The fraction of sp³-hybridized carbons (Fsp3) is 0.0625. The van der Waals surface area contributed by atoms with Gasteiger partial charge in [0.05, 0.1) is 6.33 Å². The quantitative estimate of drug-likeness (QED) is 0.782. The first-order chi connectivity index (χ1) is 9.81. The first-order valence-electron chi connectivity index (χ1n) is 6.38. The van der Waals surface area contributed by atoms with E-state index in [2.05, 4.69) is 22.4 Å². The number of halogens is 1. The van der Waals surface area contributed by atoms with Crippen molar-refractivity contribution in [3.8, 4) is 5.69 Å². The molecule has 0 spiro atoms. The lowest BCUT2D eigenvalue weighted by Gasteiger charge is -2.08. The van der Waals surface area contributed by atoms with Gasteiger partial charge in [0.25, 0.3) is 0 Å². The van der Waals surface area contributed by atoms with E-state index >= 15 is 0 Å². The smallest absolute Gasteiger partial charge is 0.123 e. The molecule has 0 aliphatic heterocycles. The van der Waals surface area contributed by atoms with Crippen molar-refractivity contribution >= 4 is 5.69 Å². The zero-order valence-electron chi connectivity index (χ0n) is 10.8. The van der Waals surface area contributed by atoms with Crippen LogP contribution in [0, 0.1) is 5.82 Å². The minimum atomic E-state index is -0.222. The maximum atomic E-state index is 12.8. The number of aromatic nitrogens is 2. The maximum Gasteiger partial charge on any atom is 0.123 e. The normalized spacial score (nSPS) is 10.4. The van der Waals surface area contributed by atoms with Crippen LogP contribution in [-0.2, 0) is 6.54 Å². The highest BCUT2D eigenvalue weighted by molar-refractivity contribution is 5.44. The van der Waals surface area contributed by atoms with Crippen molar-refractivity contribution in [1.82, 2.24) is 9.55 Å². The molecule has 20 heavy (non-hydrogen) atoms. The van der Waals surface area contributed by atoms with Crippen LogP contribution in [0.25, 0.3) is 5.69 Å². The first-order valence-corrected chi connectivity index (χ1v) is 6.38. The van der Waals surface area contributed by atoms with Crippen molar-refractivity contribution in [2.75, 3.05) is 5.32 Å². The van der Waals surface area contributed by atoms with Crippen molar-refractivity contribution in [3.05, 3.63) is 78.6 Å². The molecule has 0 amide bonds. The second-order valence-electron chi connectivity index (χ2n) is 4.50. The van der Waals surface area contributed by atoms with Crippen molar-refractivity contribution in [2.24, 2.45) is 0 Å². The van der Waals surface area contributed by atoms with Gasteiger partial charge in [0.2, 0.25) is 0 Å². The third-order valence-corrected chi connectivity index (χ3v) is 3.08. The topological polar surface area (TPSA) is 29.9 Å². The molecule has 1 heterocycles. The summed E-state index contributed by atoms with van der Waals surface area (Å²) in [5, 5.41) is 3.26. The molecule has 1 N–H and O–H groups in total. The molecule has 3 rings (SSSR count). The van der Waals surface area contributed by atoms with Crippen molar-refractivity contribution < 1.29 is 4.39 Å². The summed E-state index contributed by atoms with van der Waals surface area (Å²) >= 11 is 0. The summed E-state index contributed by atoms with van der Waals surface area (Å²) in [6, 6.07) is 14.6. The fourth-order valence-corrected chi connectivity index (χ4v) is 1.97. The molecular weight excluding hydrogens is 253 g/mol. The van der Waals surface area contributed by atoms with Crippen LogP contribution in [0.4, 0.5) is 10.1 Å². The standard InChI is InChI=1S/C16H14FN3/c17-14-3-5-15(6-4-14)19-11-13-1-7-16(8-2-13)20-10-9-18-12-20/h1-10,12,19H,11H2. The molecule has 1 aromatic heterocycles. The van der Waals surface area contributed by atoms with Crippen molar-refractivity contribution in [2.45, 2.75) is 6.54 Å². The summed E-state index contributed by atoms with van der Waals surface area (Å²) in [5.41, 5.74) is 3.15. The molecule has 0 fully saturated rings. The molecular formula is C16H14FN3.